The molecule has 0 amide bonds. The standard InChI is InChI=1S/C12H15BrN4/c1-8-5-12(17(2)16-8)15-7-9-3-4-11(14)10(13)6-9/h3-6,15H,7,14H2,1-2H3. The minimum absolute atomic E-state index is 0.748. The second-order valence-electron chi connectivity index (χ2n) is 4.00. The lowest BCUT2D eigenvalue weighted by Crippen LogP contribution is -2.04. The topological polar surface area (TPSA) is 55.9 Å². The molecule has 4 nitrogen and oxygen atoms in total. The van der Waals surface area contributed by atoms with Crippen molar-refractivity contribution in [2.24, 2.45) is 7.05 Å². The van der Waals surface area contributed by atoms with Gasteiger partial charge in [-0.2, -0.15) is 5.10 Å². The highest BCUT2D eigenvalue weighted by molar-refractivity contribution is 9.10. The van der Waals surface area contributed by atoms with Crippen LogP contribution >= 0.6 is 15.9 Å². The molecule has 90 valence electrons. The van der Waals surface area contributed by atoms with Gasteiger partial charge in [0.25, 0.3) is 0 Å². The zero-order valence-electron chi connectivity index (χ0n) is 9.87. The number of rotatable bonds is 3. The summed E-state index contributed by atoms with van der Waals surface area (Å²) in [7, 11) is 1.92. The van der Waals surface area contributed by atoms with Crippen LogP contribution in [-0.2, 0) is 13.6 Å². The van der Waals surface area contributed by atoms with Gasteiger partial charge in [0.1, 0.15) is 5.82 Å². The van der Waals surface area contributed by atoms with Crippen molar-refractivity contribution in [2.75, 3.05) is 11.1 Å². The average Bonchev–Trinajstić information content (AvgIpc) is 2.59. The van der Waals surface area contributed by atoms with Crippen molar-refractivity contribution in [1.82, 2.24) is 9.78 Å². The number of hydrogen-bond acceptors (Lipinski definition) is 3. The Bertz CT molecular complexity index is 533. The summed E-state index contributed by atoms with van der Waals surface area (Å²) < 4.78 is 2.76. The second-order valence-corrected chi connectivity index (χ2v) is 4.86. The van der Waals surface area contributed by atoms with Gasteiger partial charge in [-0.25, -0.2) is 0 Å². The summed E-state index contributed by atoms with van der Waals surface area (Å²) in [5, 5.41) is 7.62. The first-order chi connectivity index (χ1) is 8.06. The van der Waals surface area contributed by atoms with E-state index in [2.05, 4.69) is 26.3 Å². The average molecular weight is 295 g/mol. The molecule has 0 unspecified atom stereocenters. The van der Waals surface area contributed by atoms with Crippen LogP contribution in [0.2, 0.25) is 0 Å². The zero-order valence-corrected chi connectivity index (χ0v) is 11.5. The van der Waals surface area contributed by atoms with Crippen molar-refractivity contribution >= 4 is 27.4 Å². The third-order valence-corrected chi connectivity index (χ3v) is 3.23. The number of hydrogen-bond donors (Lipinski definition) is 2. The molecule has 0 atom stereocenters. The largest absolute Gasteiger partial charge is 0.398 e. The van der Waals surface area contributed by atoms with Gasteiger partial charge in [0.05, 0.1) is 5.69 Å². The van der Waals surface area contributed by atoms with E-state index in [0.29, 0.717) is 0 Å². The third kappa shape index (κ3) is 2.79. The maximum atomic E-state index is 5.74. The van der Waals surface area contributed by atoms with Crippen molar-refractivity contribution in [2.45, 2.75) is 13.5 Å². The normalized spacial score (nSPS) is 10.5. The van der Waals surface area contributed by atoms with Crippen LogP contribution in [0.1, 0.15) is 11.3 Å². The Kier molecular flexibility index (Phi) is 3.38. The minimum atomic E-state index is 0.748. The highest BCUT2D eigenvalue weighted by Crippen LogP contribution is 2.21. The molecular formula is C12H15BrN4. The Labute approximate surface area is 109 Å². The Hall–Kier alpha value is -1.49. The van der Waals surface area contributed by atoms with Crippen molar-refractivity contribution in [3.8, 4) is 0 Å². The molecule has 0 saturated heterocycles. The SMILES string of the molecule is Cc1cc(NCc2ccc(N)c(Br)c2)n(C)n1. The first-order valence-electron chi connectivity index (χ1n) is 5.34. The monoisotopic (exact) mass is 294 g/mol. The van der Waals surface area contributed by atoms with Crippen molar-refractivity contribution in [3.05, 3.63) is 40.0 Å². The molecule has 17 heavy (non-hydrogen) atoms. The van der Waals surface area contributed by atoms with Crippen molar-refractivity contribution < 1.29 is 0 Å². The van der Waals surface area contributed by atoms with Crippen LogP contribution in [0.3, 0.4) is 0 Å². The molecule has 5 heteroatoms. The zero-order chi connectivity index (χ0) is 12.4. The summed E-state index contributed by atoms with van der Waals surface area (Å²) in [6, 6.07) is 7.95. The molecule has 0 radical (unpaired) electrons. The van der Waals surface area contributed by atoms with Gasteiger partial charge in [-0.1, -0.05) is 6.07 Å². The van der Waals surface area contributed by atoms with Gasteiger partial charge in [-0.15, -0.1) is 0 Å². The number of halogens is 1. The molecule has 0 saturated carbocycles. The van der Waals surface area contributed by atoms with Crippen LogP contribution < -0.4 is 11.1 Å². The summed E-state index contributed by atoms with van der Waals surface area (Å²) >= 11 is 3.42. The van der Waals surface area contributed by atoms with Gasteiger partial charge in [0.2, 0.25) is 0 Å². The third-order valence-electron chi connectivity index (χ3n) is 2.54. The minimum Gasteiger partial charge on any atom is -0.398 e. The molecule has 1 heterocycles. The predicted octanol–water partition coefficient (Wildman–Crippen LogP) is 2.69. The maximum absolute atomic E-state index is 5.74. The first kappa shape index (κ1) is 12.0. The summed E-state index contributed by atoms with van der Waals surface area (Å²) in [5.74, 6) is 1.01. The summed E-state index contributed by atoms with van der Waals surface area (Å²) in [6.07, 6.45) is 0. The van der Waals surface area contributed by atoms with Crippen LogP contribution in [0.15, 0.2) is 28.7 Å². The molecule has 0 aliphatic rings. The first-order valence-corrected chi connectivity index (χ1v) is 6.14. The molecule has 0 spiro atoms. The highest BCUT2D eigenvalue weighted by Gasteiger charge is 2.02. The number of nitrogen functional groups attached to an aromatic ring is 1. The number of nitrogens with zero attached hydrogens (tertiary/aromatic N) is 2. The van der Waals surface area contributed by atoms with E-state index in [1.54, 1.807) is 0 Å². The van der Waals surface area contributed by atoms with Gasteiger partial charge in [-0.3, -0.25) is 4.68 Å². The van der Waals surface area contributed by atoms with Gasteiger partial charge in [0.15, 0.2) is 0 Å². The van der Waals surface area contributed by atoms with E-state index >= 15 is 0 Å². The molecule has 3 N–H and O–H groups in total. The highest BCUT2D eigenvalue weighted by atomic mass is 79.9. The maximum Gasteiger partial charge on any atom is 0.124 e. The quantitative estimate of drug-likeness (QED) is 0.856. The van der Waals surface area contributed by atoms with Crippen LogP contribution in [0, 0.1) is 6.92 Å². The lowest BCUT2D eigenvalue weighted by molar-refractivity contribution is 0.758. The molecule has 0 bridgehead atoms. The Morgan fingerprint density at radius 2 is 2.18 bits per heavy atom. The van der Waals surface area contributed by atoms with E-state index in [1.807, 2.05) is 42.9 Å². The molecule has 0 aliphatic carbocycles. The number of nitrogens with one attached hydrogen (secondary N) is 1. The van der Waals surface area contributed by atoms with Crippen LogP contribution in [0.5, 0.6) is 0 Å². The molecule has 2 rings (SSSR count). The molecular weight excluding hydrogens is 280 g/mol. The Morgan fingerprint density at radius 3 is 2.76 bits per heavy atom. The molecule has 1 aromatic carbocycles. The lowest BCUT2D eigenvalue weighted by atomic mass is 10.2. The fourth-order valence-electron chi connectivity index (χ4n) is 1.65. The van der Waals surface area contributed by atoms with E-state index in [9.17, 15) is 0 Å². The lowest BCUT2D eigenvalue weighted by Gasteiger charge is -2.07. The van der Waals surface area contributed by atoms with E-state index in [1.165, 1.54) is 5.56 Å². The van der Waals surface area contributed by atoms with Crippen molar-refractivity contribution in [1.29, 1.82) is 0 Å². The molecule has 0 fully saturated rings. The van der Waals surface area contributed by atoms with E-state index in [-0.39, 0.29) is 0 Å². The van der Waals surface area contributed by atoms with E-state index in [4.69, 9.17) is 5.73 Å². The summed E-state index contributed by atoms with van der Waals surface area (Å²) in [4.78, 5) is 0. The number of nitrogens with two attached hydrogens (primary N) is 1. The Morgan fingerprint density at radius 1 is 1.41 bits per heavy atom. The van der Waals surface area contributed by atoms with E-state index < -0.39 is 0 Å². The van der Waals surface area contributed by atoms with Crippen LogP contribution in [0.4, 0.5) is 11.5 Å². The van der Waals surface area contributed by atoms with Crippen molar-refractivity contribution in [3.63, 3.8) is 0 Å². The van der Waals surface area contributed by atoms with Crippen LogP contribution in [-0.4, -0.2) is 9.78 Å². The molecule has 2 aromatic rings. The molecule has 1 aromatic heterocycles. The van der Waals surface area contributed by atoms with Gasteiger partial charge in [0, 0.05) is 29.8 Å². The van der Waals surface area contributed by atoms with Crippen LogP contribution in [0.25, 0.3) is 0 Å². The smallest absolute Gasteiger partial charge is 0.124 e. The summed E-state index contributed by atoms with van der Waals surface area (Å²) in [5.41, 5.74) is 8.68. The predicted molar refractivity (Wildman–Crippen MR) is 73.8 cm³/mol. The Balaban J connectivity index is 2.07. The van der Waals surface area contributed by atoms with E-state index in [0.717, 1.165) is 28.2 Å². The number of anilines is 2. The van der Waals surface area contributed by atoms with Gasteiger partial charge in [-0.05, 0) is 40.5 Å². The second kappa shape index (κ2) is 4.79. The number of aromatic nitrogens is 2. The fourth-order valence-corrected chi connectivity index (χ4v) is 2.08. The van der Waals surface area contributed by atoms with Gasteiger partial charge < -0.3 is 11.1 Å². The van der Waals surface area contributed by atoms with Gasteiger partial charge >= 0.3 is 0 Å². The molecule has 0 aliphatic heterocycles. The number of aryl methyl sites for hydroxylation is 2. The summed E-state index contributed by atoms with van der Waals surface area (Å²) in [6.45, 7) is 2.73. The fraction of sp³-hybridized carbons (Fsp3) is 0.250. The number of benzene rings is 1.